The molecule has 0 aliphatic rings. The summed E-state index contributed by atoms with van der Waals surface area (Å²) in [4.78, 5) is 5.25. The van der Waals surface area contributed by atoms with Gasteiger partial charge in [0.15, 0.2) is 0 Å². The molecule has 0 spiro atoms. The molecule has 0 aliphatic carbocycles. The Morgan fingerprint density at radius 1 is 1.19 bits per heavy atom. The molecule has 1 nitrogen and oxygen atoms in total. The number of hydrogen-bond donors (Lipinski definition) is 0. The molecule has 0 saturated carbocycles. The molecule has 1 heterocycles. The lowest BCUT2D eigenvalue weighted by molar-refractivity contribution is 0.626. The molecule has 4 heteroatoms. The first-order valence-electron chi connectivity index (χ1n) is 4.71. The van der Waals surface area contributed by atoms with E-state index in [1.165, 1.54) is 23.9 Å². The highest BCUT2D eigenvalue weighted by Gasteiger charge is 2.05. The van der Waals surface area contributed by atoms with Crippen LogP contribution in [0.1, 0.15) is 5.56 Å². The Labute approximate surface area is 106 Å². The summed E-state index contributed by atoms with van der Waals surface area (Å²) < 4.78 is 13.7. The molecule has 0 amide bonds. The first kappa shape index (κ1) is 11.6. The molecule has 2 aromatic rings. The van der Waals surface area contributed by atoms with Crippen molar-refractivity contribution in [2.24, 2.45) is 0 Å². The fourth-order valence-electron chi connectivity index (χ4n) is 1.20. The van der Waals surface area contributed by atoms with Crippen molar-refractivity contribution < 1.29 is 4.39 Å². The molecule has 0 N–H and O–H groups in total. The highest BCUT2D eigenvalue weighted by molar-refractivity contribution is 9.10. The predicted molar refractivity (Wildman–Crippen MR) is 67.2 cm³/mol. The lowest BCUT2D eigenvalue weighted by Crippen LogP contribution is -1.85. The molecule has 1 aromatic carbocycles. The molecule has 1 aromatic heterocycles. The standard InChI is InChI=1S/C12H9BrFNS/c1-8-6-7-15-12(11(8)13)16-10-4-2-9(14)3-5-10/h2-7H,1H3. The minimum Gasteiger partial charge on any atom is -0.248 e. The van der Waals surface area contributed by atoms with Gasteiger partial charge in [-0.1, -0.05) is 11.8 Å². The minimum atomic E-state index is -0.222. The molecule has 0 atom stereocenters. The molecular weight excluding hydrogens is 289 g/mol. The number of rotatable bonds is 2. The van der Waals surface area contributed by atoms with E-state index in [2.05, 4.69) is 20.9 Å². The van der Waals surface area contributed by atoms with Crippen LogP contribution in [0.3, 0.4) is 0 Å². The van der Waals surface area contributed by atoms with Crippen LogP contribution < -0.4 is 0 Å². The van der Waals surface area contributed by atoms with Gasteiger partial charge in [-0.3, -0.25) is 0 Å². The molecule has 0 fully saturated rings. The Morgan fingerprint density at radius 2 is 1.88 bits per heavy atom. The van der Waals surface area contributed by atoms with E-state index in [0.717, 1.165) is 20.0 Å². The summed E-state index contributed by atoms with van der Waals surface area (Å²) in [6, 6.07) is 8.34. The van der Waals surface area contributed by atoms with Gasteiger partial charge in [0.2, 0.25) is 0 Å². The first-order valence-corrected chi connectivity index (χ1v) is 6.32. The Balaban J connectivity index is 2.27. The molecule has 0 bridgehead atoms. The van der Waals surface area contributed by atoms with E-state index in [4.69, 9.17) is 0 Å². The third kappa shape index (κ3) is 2.62. The summed E-state index contributed by atoms with van der Waals surface area (Å²) >= 11 is 5.01. The van der Waals surface area contributed by atoms with Gasteiger partial charge >= 0.3 is 0 Å². The number of pyridine rings is 1. The first-order chi connectivity index (χ1) is 7.66. The summed E-state index contributed by atoms with van der Waals surface area (Å²) in [7, 11) is 0. The highest BCUT2D eigenvalue weighted by Crippen LogP contribution is 2.33. The van der Waals surface area contributed by atoms with Crippen molar-refractivity contribution in [3.05, 3.63) is 52.4 Å². The molecule has 82 valence electrons. The van der Waals surface area contributed by atoms with E-state index in [1.54, 1.807) is 18.3 Å². The predicted octanol–water partition coefficient (Wildman–Crippen LogP) is 4.44. The second-order valence-electron chi connectivity index (χ2n) is 3.30. The molecule has 0 saturated heterocycles. The number of aromatic nitrogens is 1. The summed E-state index contributed by atoms with van der Waals surface area (Å²) in [5.74, 6) is -0.222. The number of hydrogen-bond acceptors (Lipinski definition) is 2. The molecule has 2 rings (SSSR count). The quantitative estimate of drug-likeness (QED) is 0.813. The molecule has 0 aliphatic heterocycles. The topological polar surface area (TPSA) is 12.9 Å². The maximum atomic E-state index is 12.7. The van der Waals surface area contributed by atoms with Gasteiger partial charge in [0, 0.05) is 11.1 Å². The van der Waals surface area contributed by atoms with Gasteiger partial charge < -0.3 is 0 Å². The molecular formula is C12H9BrFNS. The average molecular weight is 298 g/mol. The Kier molecular flexibility index (Phi) is 3.61. The van der Waals surface area contributed by atoms with Crippen LogP contribution in [-0.4, -0.2) is 4.98 Å². The second kappa shape index (κ2) is 4.97. The van der Waals surface area contributed by atoms with E-state index in [9.17, 15) is 4.39 Å². The van der Waals surface area contributed by atoms with Crippen LogP contribution in [0, 0.1) is 12.7 Å². The van der Waals surface area contributed by atoms with Crippen molar-refractivity contribution in [3.63, 3.8) is 0 Å². The van der Waals surface area contributed by atoms with Crippen molar-refractivity contribution >= 4 is 27.7 Å². The SMILES string of the molecule is Cc1ccnc(Sc2ccc(F)cc2)c1Br. The normalized spacial score (nSPS) is 10.4. The molecule has 16 heavy (non-hydrogen) atoms. The maximum Gasteiger partial charge on any atom is 0.123 e. The van der Waals surface area contributed by atoms with Crippen LogP contribution in [0.5, 0.6) is 0 Å². The summed E-state index contributed by atoms with van der Waals surface area (Å²) in [5, 5.41) is 0.895. The average Bonchev–Trinajstić information content (AvgIpc) is 2.28. The van der Waals surface area contributed by atoms with Crippen molar-refractivity contribution in [1.29, 1.82) is 0 Å². The summed E-state index contributed by atoms with van der Waals surface area (Å²) in [6.45, 7) is 2.01. The van der Waals surface area contributed by atoms with Gasteiger partial charge in [0.25, 0.3) is 0 Å². The number of aryl methyl sites for hydroxylation is 1. The summed E-state index contributed by atoms with van der Waals surface area (Å²) in [5.41, 5.74) is 1.14. The van der Waals surface area contributed by atoms with Crippen LogP contribution in [0.2, 0.25) is 0 Å². The van der Waals surface area contributed by atoms with E-state index < -0.39 is 0 Å². The van der Waals surface area contributed by atoms with Crippen molar-refractivity contribution in [1.82, 2.24) is 4.98 Å². The minimum absolute atomic E-state index is 0.222. The van der Waals surface area contributed by atoms with E-state index >= 15 is 0 Å². The summed E-state index contributed by atoms with van der Waals surface area (Å²) in [6.07, 6.45) is 1.77. The monoisotopic (exact) mass is 297 g/mol. The van der Waals surface area contributed by atoms with Gasteiger partial charge in [-0.05, 0) is 58.7 Å². The lowest BCUT2D eigenvalue weighted by atomic mass is 10.3. The fraction of sp³-hybridized carbons (Fsp3) is 0.0833. The van der Waals surface area contributed by atoms with Crippen LogP contribution in [0.25, 0.3) is 0 Å². The molecule has 0 unspecified atom stereocenters. The highest BCUT2D eigenvalue weighted by atomic mass is 79.9. The largest absolute Gasteiger partial charge is 0.248 e. The van der Waals surface area contributed by atoms with Gasteiger partial charge in [0.1, 0.15) is 10.8 Å². The number of benzene rings is 1. The van der Waals surface area contributed by atoms with E-state index in [1.807, 2.05) is 13.0 Å². The van der Waals surface area contributed by atoms with Crippen molar-refractivity contribution in [3.8, 4) is 0 Å². The smallest absolute Gasteiger partial charge is 0.123 e. The third-order valence-corrected chi connectivity index (χ3v) is 4.35. The third-order valence-electron chi connectivity index (χ3n) is 2.08. The van der Waals surface area contributed by atoms with Crippen LogP contribution in [-0.2, 0) is 0 Å². The zero-order valence-electron chi connectivity index (χ0n) is 8.58. The van der Waals surface area contributed by atoms with Gasteiger partial charge in [-0.25, -0.2) is 9.37 Å². The van der Waals surface area contributed by atoms with Gasteiger partial charge in [-0.2, -0.15) is 0 Å². The Bertz CT molecular complexity index is 499. The van der Waals surface area contributed by atoms with Gasteiger partial charge in [-0.15, -0.1) is 0 Å². The van der Waals surface area contributed by atoms with Crippen LogP contribution in [0.4, 0.5) is 4.39 Å². The zero-order valence-corrected chi connectivity index (χ0v) is 11.0. The van der Waals surface area contributed by atoms with E-state index in [-0.39, 0.29) is 5.82 Å². The van der Waals surface area contributed by atoms with Crippen LogP contribution >= 0.6 is 27.7 Å². The molecule has 0 radical (unpaired) electrons. The van der Waals surface area contributed by atoms with Crippen molar-refractivity contribution in [2.45, 2.75) is 16.8 Å². The zero-order chi connectivity index (χ0) is 11.5. The van der Waals surface area contributed by atoms with E-state index in [0.29, 0.717) is 0 Å². The number of halogens is 2. The second-order valence-corrected chi connectivity index (χ2v) is 5.16. The maximum absolute atomic E-state index is 12.7. The Morgan fingerprint density at radius 3 is 2.56 bits per heavy atom. The number of nitrogens with zero attached hydrogens (tertiary/aromatic N) is 1. The van der Waals surface area contributed by atoms with Crippen molar-refractivity contribution in [2.75, 3.05) is 0 Å². The Hall–Kier alpha value is -0.870. The fourth-order valence-corrected chi connectivity index (χ4v) is 2.54. The van der Waals surface area contributed by atoms with Gasteiger partial charge in [0.05, 0.1) is 4.47 Å². The van der Waals surface area contributed by atoms with Crippen LogP contribution in [0.15, 0.2) is 50.9 Å². The lowest BCUT2D eigenvalue weighted by Gasteiger charge is -2.05.